The average molecular weight is 428 g/mol. The van der Waals surface area contributed by atoms with Crippen molar-refractivity contribution >= 4 is 21.6 Å². The zero-order valence-corrected chi connectivity index (χ0v) is 16.0. The minimum absolute atomic E-state index is 0.00223. The molecule has 29 heavy (non-hydrogen) atoms. The summed E-state index contributed by atoms with van der Waals surface area (Å²) in [5.74, 6) is -0.722. The van der Waals surface area contributed by atoms with Crippen molar-refractivity contribution in [1.82, 2.24) is 4.72 Å². The van der Waals surface area contributed by atoms with Crippen molar-refractivity contribution in [2.75, 3.05) is 18.5 Å². The molecule has 0 aliphatic carbocycles. The van der Waals surface area contributed by atoms with Crippen molar-refractivity contribution in [3.05, 3.63) is 59.7 Å². The van der Waals surface area contributed by atoms with Crippen molar-refractivity contribution in [1.29, 1.82) is 0 Å². The SMILES string of the molecule is O=C(Nc1cccc(C(F)(F)F)c1)c1cccc(S(=O)(=O)NC[C@@H]2CCCO2)c1. The van der Waals surface area contributed by atoms with Gasteiger partial charge in [-0.1, -0.05) is 12.1 Å². The van der Waals surface area contributed by atoms with Crippen LogP contribution in [0.3, 0.4) is 0 Å². The number of sulfonamides is 1. The van der Waals surface area contributed by atoms with Crippen LogP contribution in [0.1, 0.15) is 28.8 Å². The van der Waals surface area contributed by atoms with E-state index in [2.05, 4.69) is 10.0 Å². The Balaban J connectivity index is 1.72. The van der Waals surface area contributed by atoms with E-state index >= 15 is 0 Å². The fourth-order valence-corrected chi connectivity index (χ4v) is 3.98. The van der Waals surface area contributed by atoms with E-state index in [4.69, 9.17) is 4.74 Å². The lowest BCUT2D eigenvalue weighted by molar-refractivity contribution is -0.137. The minimum atomic E-state index is -4.54. The highest BCUT2D eigenvalue weighted by atomic mass is 32.2. The topological polar surface area (TPSA) is 84.5 Å². The molecule has 0 spiro atoms. The van der Waals surface area contributed by atoms with Gasteiger partial charge in [-0.25, -0.2) is 13.1 Å². The van der Waals surface area contributed by atoms with Crippen LogP contribution in [0.2, 0.25) is 0 Å². The molecule has 6 nitrogen and oxygen atoms in total. The van der Waals surface area contributed by atoms with Crippen LogP contribution in [0.25, 0.3) is 0 Å². The van der Waals surface area contributed by atoms with Gasteiger partial charge in [0.2, 0.25) is 10.0 Å². The lowest BCUT2D eigenvalue weighted by Gasteiger charge is -2.12. The van der Waals surface area contributed by atoms with Gasteiger partial charge in [0.25, 0.3) is 5.91 Å². The van der Waals surface area contributed by atoms with Gasteiger partial charge in [-0.2, -0.15) is 13.2 Å². The highest BCUT2D eigenvalue weighted by Crippen LogP contribution is 2.30. The summed E-state index contributed by atoms with van der Waals surface area (Å²) >= 11 is 0. The van der Waals surface area contributed by atoms with Crippen LogP contribution in [0.5, 0.6) is 0 Å². The zero-order chi connectivity index (χ0) is 21.1. The molecule has 0 unspecified atom stereocenters. The number of carbonyl (C=O) groups excluding carboxylic acids is 1. The van der Waals surface area contributed by atoms with Crippen LogP contribution in [-0.2, 0) is 20.9 Å². The molecule has 1 heterocycles. The summed E-state index contributed by atoms with van der Waals surface area (Å²) < 4.78 is 71.1. The number of ether oxygens (including phenoxy) is 1. The quantitative estimate of drug-likeness (QED) is 0.739. The van der Waals surface area contributed by atoms with Crippen LogP contribution < -0.4 is 10.0 Å². The Kier molecular flexibility index (Phi) is 6.25. The minimum Gasteiger partial charge on any atom is -0.377 e. The molecule has 2 aromatic carbocycles. The van der Waals surface area contributed by atoms with Gasteiger partial charge in [-0.15, -0.1) is 0 Å². The Morgan fingerprint density at radius 2 is 1.90 bits per heavy atom. The largest absolute Gasteiger partial charge is 0.416 e. The third-order valence-electron chi connectivity index (χ3n) is 4.38. The zero-order valence-electron chi connectivity index (χ0n) is 15.2. The van der Waals surface area contributed by atoms with Crippen LogP contribution in [0, 0.1) is 0 Å². The van der Waals surface area contributed by atoms with E-state index in [0.29, 0.717) is 6.61 Å². The predicted octanol–water partition coefficient (Wildman–Crippen LogP) is 3.42. The molecule has 1 atom stereocenters. The molecule has 1 aliphatic heterocycles. The number of benzene rings is 2. The van der Waals surface area contributed by atoms with Gasteiger partial charge >= 0.3 is 6.18 Å². The molecular formula is C19H19F3N2O4S. The highest BCUT2D eigenvalue weighted by Gasteiger charge is 2.30. The third-order valence-corrected chi connectivity index (χ3v) is 5.80. The molecule has 0 saturated carbocycles. The maximum atomic E-state index is 12.8. The maximum Gasteiger partial charge on any atom is 0.416 e. The Hall–Kier alpha value is -2.43. The van der Waals surface area contributed by atoms with E-state index in [1.165, 1.54) is 36.4 Å². The molecule has 0 bridgehead atoms. The van der Waals surface area contributed by atoms with Gasteiger partial charge in [0.15, 0.2) is 0 Å². The van der Waals surface area contributed by atoms with Crippen LogP contribution in [0.4, 0.5) is 18.9 Å². The molecule has 1 amide bonds. The summed E-state index contributed by atoms with van der Waals surface area (Å²) in [7, 11) is -3.86. The van der Waals surface area contributed by atoms with Gasteiger partial charge in [0.05, 0.1) is 16.6 Å². The number of anilines is 1. The fraction of sp³-hybridized carbons (Fsp3) is 0.316. The number of rotatable bonds is 6. The molecule has 1 saturated heterocycles. The smallest absolute Gasteiger partial charge is 0.377 e. The second-order valence-electron chi connectivity index (χ2n) is 6.55. The van der Waals surface area contributed by atoms with E-state index in [0.717, 1.165) is 25.0 Å². The maximum absolute atomic E-state index is 12.8. The molecule has 1 aliphatic rings. The van der Waals surface area contributed by atoms with Crippen molar-refractivity contribution in [2.45, 2.75) is 30.0 Å². The Morgan fingerprint density at radius 1 is 1.14 bits per heavy atom. The lowest BCUT2D eigenvalue weighted by atomic mass is 10.1. The predicted molar refractivity (Wildman–Crippen MR) is 100 cm³/mol. The van der Waals surface area contributed by atoms with Gasteiger partial charge in [-0.05, 0) is 49.2 Å². The first-order valence-electron chi connectivity index (χ1n) is 8.85. The third kappa shape index (κ3) is 5.55. The molecule has 3 rings (SSSR count). The van der Waals surface area contributed by atoms with Crippen molar-refractivity contribution in [3.8, 4) is 0 Å². The highest BCUT2D eigenvalue weighted by molar-refractivity contribution is 7.89. The number of nitrogens with one attached hydrogen (secondary N) is 2. The number of alkyl halides is 3. The first-order valence-corrected chi connectivity index (χ1v) is 10.3. The van der Waals surface area contributed by atoms with Gasteiger partial charge in [0.1, 0.15) is 0 Å². The summed E-state index contributed by atoms with van der Waals surface area (Å²) in [6.07, 6.45) is -3.08. The summed E-state index contributed by atoms with van der Waals surface area (Å²) in [6.45, 7) is 0.723. The standard InChI is InChI=1S/C19H19F3N2O4S/c20-19(21,22)14-5-2-6-15(11-14)24-18(25)13-4-1-8-17(10-13)29(26,27)23-12-16-7-3-9-28-16/h1-2,4-6,8,10-11,16,23H,3,7,9,12H2,(H,24,25)/t16-/m0/s1. The van der Waals surface area contributed by atoms with E-state index in [1.54, 1.807) is 0 Å². The van der Waals surface area contributed by atoms with E-state index < -0.39 is 27.7 Å². The van der Waals surface area contributed by atoms with Crippen LogP contribution in [0.15, 0.2) is 53.4 Å². The first-order chi connectivity index (χ1) is 13.6. The number of hydrogen-bond acceptors (Lipinski definition) is 4. The first kappa shape index (κ1) is 21.3. The number of hydrogen-bond donors (Lipinski definition) is 2. The summed E-state index contributed by atoms with van der Waals surface area (Å²) in [5, 5.41) is 2.35. The lowest BCUT2D eigenvalue weighted by Crippen LogP contribution is -2.32. The summed E-state index contributed by atoms with van der Waals surface area (Å²) in [6, 6.07) is 9.46. The van der Waals surface area contributed by atoms with E-state index in [9.17, 15) is 26.4 Å². The summed E-state index contributed by atoms with van der Waals surface area (Å²) in [4.78, 5) is 12.3. The van der Waals surface area contributed by atoms with Gasteiger partial charge in [-0.3, -0.25) is 4.79 Å². The van der Waals surface area contributed by atoms with Crippen LogP contribution >= 0.6 is 0 Å². The molecule has 10 heteroatoms. The van der Waals surface area contributed by atoms with Crippen molar-refractivity contribution < 1.29 is 31.1 Å². The molecule has 156 valence electrons. The summed E-state index contributed by atoms with van der Waals surface area (Å²) in [5.41, 5.74) is -0.943. The monoisotopic (exact) mass is 428 g/mol. The van der Waals surface area contributed by atoms with E-state index in [-0.39, 0.29) is 28.8 Å². The second-order valence-corrected chi connectivity index (χ2v) is 8.31. The van der Waals surface area contributed by atoms with Crippen LogP contribution in [-0.4, -0.2) is 33.6 Å². The van der Waals surface area contributed by atoms with Gasteiger partial charge in [0, 0.05) is 24.4 Å². The Morgan fingerprint density at radius 3 is 2.59 bits per heavy atom. The second kappa shape index (κ2) is 8.52. The molecule has 0 aromatic heterocycles. The van der Waals surface area contributed by atoms with E-state index in [1.807, 2.05) is 0 Å². The number of amides is 1. The van der Waals surface area contributed by atoms with Crippen molar-refractivity contribution in [3.63, 3.8) is 0 Å². The normalized spacial score (nSPS) is 17.3. The Labute approximate surface area is 166 Å². The van der Waals surface area contributed by atoms with Crippen molar-refractivity contribution in [2.24, 2.45) is 0 Å². The molecule has 2 aromatic rings. The molecule has 2 N–H and O–H groups in total. The fourth-order valence-electron chi connectivity index (χ4n) is 2.87. The number of halogens is 3. The molecule has 1 fully saturated rings. The average Bonchev–Trinajstić information content (AvgIpc) is 3.20. The number of carbonyl (C=O) groups is 1. The molecular weight excluding hydrogens is 409 g/mol. The Bertz CT molecular complexity index is 987. The van der Waals surface area contributed by atoms with Gasteiger partial charge < -0.3 is 10.1 Å². The molecule has 0 radical (unpaired) electrons.